The van der Waals surface area contributed by atoms with Crippen molar-refractivity contribution in [1.29, 1.82) is 0 Å². The maximum absolute atomic E-state index is 7.10. The van der Waals surface area contributed by atoms with E-state index in [2.05, 4.69) is 82.5 Å². The number of anilines is 3. The van der Waals surface area contributed by atoms with E-state index in [1.54, 1.807) is 0 Å². The molecule has 0 saturated heterocycles. The van der Waals surface area contributed by atoms with E-state index in [0.29, 0.717) is 5.69 Å². The molecule has 3 heteroatoms. The predicted molar refractivity (Wildman–Crippen MR) is 117 cm³/mol. The minimum Gasteiger partial charge on any atom is -0.308 e. The van der Waals surface area contributed by atoms with Gasteiger partial charge in [-0.05, 0) is 47.5 Å². The molecule has 28 heavy (non-hydrogen) atoms. The molecule has 1 heterocycles. The Bertz CT molecular complexity index is 1140. The summed E-state index contributed by atoms with van der Waals surface area (Å²) < 4.78 is 0. The molecule has 0 saturated carbocycles. The number of fused-ring (bicyclic) bond motifs is 2. The minimum atomic E-state index is 0.666. The first-order valence-corrected chi connectivity index (χ1v) is 9.89. The average molecular weight is 376 g/mol. The highest BCUT2D eigenvalue weighted by molar-refractivity contribution is 7.99. The van der Waals surface area contributed by atoms with Crippen LogP contribution in [-0.2, 0) is 0 Å². The first-order valence-electron chi connectivity index (χ1n) is 9.07. The third-order valence-corrected chi connectivity index (χ3v) is 6.02. The molecule has 0 spiro atoms. The number of rotatable bonds is 2. The Labute approximate surface area is 168 Å². The van der Waals surface area contributed by atoms with Gasteiger partial charge in [-0.1, -0.05) is 72.4 Å². The number of hydrogen-bond acceptors (Lipinski definition) is 2. The molecule has 0 amide bonds. The van der Waals surface area contributed by atoms with Crippen LogP contribution in [0.4, 0.5) is 22.7 Å². The molecule has 1 aliphatic rings. The molecule has 0 aromatic heterocycles. The maximum Gasteiger partial charge on any atom is 0.187 e. The zero-order valence-electron chi connectivity index (χ0n) is 15.0. The van der Waals surface area contributed by atoms with Gasteiger partial charge in [0.15, 0.2) is 5.69 Å². The topological polar surface area (TPSA) is 7.60 Å². The standard InChI is InChI=1S/C25H16N2S/c1-26-20-14-10-18(11-15-20)19-12-16-21(17-13-19)27-22-6-2-4-8-24(22)28-25-9-5-3-7-23(25)27/h2-17H. The van der Waals surface area contributed by atoms with E-state index >= 15 is 0 Å². The molecule has 0 fully saturated rings. The number of nitrogens with zero attached hydrogens (tertiary/aromatic N) is 2. The van der Waals surface area contributed by atoms with Gasteiger partial charge in [-0.25, -0.2) is 4.85 Å². The Kier molecular flexibility index (Phi) is 4.12. The largest absolute Gasteiger partial charge is 0.308 e. The fourth-order valence-electron chi connectivity index (χ4n) is 3.51. The quantitative estimate of drug-likeness (QED) is 0.290. The van der Waals surface area contributed by atoms with Gasteiger partial charge in [0.05, 0.1) is 17.9 Å². The summed E-state index contributed by atoms with van der Waals surface area (Å²) in [4.78, 5) is 8.32. The zero-order chi connectivity index (χ0) is 18.9. The highest BCUT2D eigenvalue weighted by Gasteiger charge is 2.23. The van der Waals surface area contributed by atoms with Crippen molar-refractivity contribution in [3.8, 4) is 11.1 Å². The van der Waals surface area contributed by atoms with Gasteiger partial charge in [-0.15, -0.1) is 0 Å². The Morgan fingerprint density at radius 1 is 0.607 bits per heavy atom. The van der Waals surface area contributed by atoms with Gasteiger partial charge in [0, 0.05) is 15.5 Å². The minimum absolute atomic E-state index is 0.666. The van der Waals surface area contributed by atoms with Gasteiger partial charge < -0.3 is 4.90 Å². The number of benzene rings is 4. The van der Waals surface area contributed by atoms with E-state index in [1.165, 1.54) is 21.2 Å². The molecule has 132 valence electrons. The van der Waals surface area contributed by atoms with Gasteiger partial charge >= 0.3 is 0 Å². The van der Waals surface area contributed by atoms with Crippen LogP contribution < -0.4 is 4.90 Å². The van der Waals surface area contributed by atoms with E-state index in [-0.39, 0.29) is 0 Å². The molecule has 0 N–H and O–H groups in total. The molecular weight excluding hydrogens is 360 g/mol. The SMILES string of the molecule is [C-]#[N+]c1ccc(-c2ccc(N3c4ccccc4Sc4ccccc43)cc2)cc1. The first kappa shape index (κ1) is 16.7. The molecule has 0 unspecified atom stereocenters. The van der Waals surface area contributed by atoms with Gasteiger partial charge in [-0.2, -0.15) is 0 Å². The summed E-state index contributed by atoms with van der Waals surface area (Å²) >= 11 is 1.82. The Balaban J connectivity index is 1.57. The monoisotopic (exact) mass is 376 g/mol. The maximum atomic E-state index is 7.10. The van der Waals surface area contributed by atoms with Gasteiger partial charge in [0.25, 0.3) is 0 Å². The highest BCUT2D eigenvalue weighted by Crippen LogP contribution is 2.51. The zero-order valence-corrected chi connectivity index (χ0v) is 15.9. The predicted octanol–water partition coefficient (Wildman–Crippen LogP) is 7.84. The van der Waals surface area contributed by atoms with Crippen molar-refractivity contribution in [2.75, 3.05) is 4.90 Å². The summed E-state index contributed by atoms with van der Waals surface area (Å²) in [5.41, 5.74) is 6.49. The smallest absolute Gasteiger partial charge is 0.187 e. The van der Waals surface area contributed by atoms with Crippen LogP contribution in [0.5, 0.6) is 0 Å². The van der Waals surface area contributed by atoms with Crippen LogP contribution in [-0.4, -0.2) is 0 Å². The van der Waals surface area contributed by atoms with Gasteiger partial charge in [-0.3, -0.25) is 0 Å². The van der Waals surface area contributed by atoms with E-state index in [0.717, 1.165) is 16.8 Å². The summed E-state index contributed by atoms with van der Waals surface area (Å²) in [5, 5.41) is 0. The molecule has 0 aliphatic carbocycles. The van der Waals surface area contributed by atoms with Crippen molar-refractivity contribution in [2.45, 2.75) is 9.79 Å². The lowest BCUT2D eigenvalue weighted by Gasteiger charge is -2.32. The summed E-state index contributed by atoms with van der Waals surface area (Å²) in [6, 6.07) is 33.4. The summed E-state index contributed by atoms with van der Waals surface area (Å²) in [6.45, 7) is 7.10. The lowest BCUT2D eigenvalue weighted by atomic mass is 10.0. The van der Waals surface area contributed by atoms with E-state index in [4.69, 9.17) is 6.57 Å². The lowest BCUT2D eigenvalue weighted by molar-refractivity contribution is 1.17. The molecule has 0 atom stereocenters. The molecular formula is C25H16N2S. The van der Waals surface area contributed by atoms with Crippen LogP contribution in [0.15, 0.2) is 107 Å². The lowest BCUT2D eigenvalue weighted by Crippen LogP contribution is -2.14. The van der Waals surface area contributed by atoms with Crippen molar-refractivity contribution in [3.63, 3.8) is 0 Å². The van der Waals surface area contributed by atoms with Crippen LogP contribution in [0.25, 0.3) is 16.0 Å². The Morgan fingerprint density at radius 2 is 1.11 bits per heavy atom. The van der Waals surface area contributed by atoms with Gasteiger partial charge in [0.1, 0.15) is 0 Å². The van der Waals surface area contributed by atoms with Crippen molar-refractivity contribution in [1.82, 2.24) is 0 Å². The van der Waals surface area contributed by atoms with Crippen LogP contribution in [0.3, 0.4) is 0 Å². The average Bonchev–Trinajstić information content (AvgIpc) is 2.77. The van der Waals surface area contributed by atoms with Crippen LogP contribution in [0.2, 0.25) is 0 Å². The number of para-hydroxylation sites is 2. The molecule has 0 radical (unpaired) electrons. The van der Waals surface area contributed by atoms with Crippen molar-refractivity contribution in [3.05, 3.63) is 108 Å². The molecule has 1 aliphatic heterocycles. The fraction of sp³-hybridized carbons (Fsp3) is 0. The Morgan fingerprint density at radius 3 is 1.64 bits per heavy atom. The van der Waals surface area contributed by atoms with Crippen molar-refractivity contribution < 1.29 is 0 Å². The van der Waals surface area contributed by atoms with Crippen LogP contribution >= 0.6 is 11.8 Å². The first-order chi connectivity index (χ1) is 13.8. The third kappa shape index (κ3) is 2.85. The van der Waals surface area contributed by atoms with Crippen LogP contribution in [0.1, 0.15) is 0 Å². The second-order valence-electron chi connectivity index (χ2n) is 6.58. The summed E-state index contributed by atoms with van der Waals surface area (Å²) in [5.74, 6) is 0. The molecule has 5 rings (SSSR count). The molecule has 0 bridgehead atoms. The van der Waals surface area contributed by atoms with E-state index < -0.39 is 0 Å². The summed E-state index contributed by atoms with van der Waals surface area (Å²) in [7, 11) is 0. The third-order valence-electron chi connectivity index (χ3n) is 4.89. The van der Waals surface area contributed by atoms with E-state index in [9.17, 15) is 0 Å². The Hall–Kier alpha value is -3.48. The fourth-order valence-corrected chi connectivity index (χ4v) is 4.57. The second kappa shape index (κ2) is 6.92. The normalized spacial score (nSPS) is 12.0. The summed E-state index contributed by atoms with van der Waals surface area (Å²) in [6.07, 6.45) is 0. The van der Waals surface area contributed by atoms with E-state index in [1.807, 2.05) is 36.0 Å². The molecule has 2 nitrogen and oxygen atoms in total. The number of hydrogen-bond donors (Lipinski definition) is 0. The van der Waals surface area contributed by atoms with Crippen molar-refractivity contribution >= 4 is 34.5 Å². The van der Waals surface area contributed by atoms with Crippen molar-refractivity contribution in [2.24, 2.45) is 0 Å². The molecule has 4 aromatic rings. The molecule has 4 aromatic carbocycles. The van der Waals surface area contributed by atoms with Crippen LogP contribution in [0, 0.1) is 6.57 Å². The second-order valence-corrected chi connectivity index (χ2v) is 7.66. The highest BCUT2D eigenvalue weighted by atomic mass is 32.2. The van der Waals surface area contributed by atoms with Gasteiger partial charge in [0.2, 0.25) is 0 Å².